The lowest BCUT2D eigenvalue weighted by atomic mass is 10.1. The third-order valence-corrected chi connectivity index (χ3v) is 4.48. The summed E-state index contributed by atoms with van der Waals surface area (Å²) in [7, 11) is 0. The Hall–Kier alpha value is -2.40. The summed E-state index contributed by atoms with van der Waals surface area (Å²) < 4.78 is 5.79. The van der Waals surface area contributed by atoms with Gasteiger partial charge in [-0.2, -0.15) is 0 Å². The van der Waals surface area contributed by atoms with Crippen molar-refractivity contribution in [3.63, 3.8) is 0 Å². The lowest BCUT2D eigenvalue weighted by Crippen LogP contribution is -2.34. The number of rotatable bonds is 7. The summed E-state index contributed by atoms with van der Waals surface area (Å²) in [6.45, 7) is 8.84. The number of unbranched alkanes of at least 4 members (excludes halogenated alkanes) is 2. The van der Waals surface area contributed by atoms with Crippen molar-refractivity contribution in [3.05, 3.63) is 58.7 Å². The van der Waals surface area contributed by atoms with Crippen LogP contribution in [-0.4, -0.2) is 17.6 Å². The summed E-state index contributed by atoms with van der Waals surface area (Å²) in [5.41, 5.74) is 4.78. The molecular formula is C22H28N2O2S. The highest BCUT2D eigenvalue weighted by molar-refractivity contribution is 7.80. The van der Waals surface area contributed by atoms with Gasteiger partial charge in [0, 0.05) is 5.69 Å². The highest BCUT2D eigenvalue weighted by atomic mass is 32.1. The summed E-state index contributed by atoms with van der Waals surface area (Å²) in [5, 5.41) is 6.18. The number of hydrogen-bond acceptors (Lipinski definition) is 3. The van der Waals surface area contributed by atoms with Crippen LogP contribution in [-0.2, 0) is 0 Å². The van der Waals surface area contributed by atoms with Gasteiger partial charge in [-0.1, -0.05) is 49.6 Å². The van der Waals surface area contributed by atoms with Gasteiger partial charge in [-0.25, -0.2) is 0 Å². The van der Waals surface area contributed by atoms with Crippen molar-refractivity contribution >= 4 is 28.9 Å². The summed E-state index contributed by atoms with van der Waals surface area (Å²) in [4.78, 5) is 12.7. The smallest absolute Gasteiger partial charge is 0.261 e. The average molecular weight is 385 g/mol. The summed E-state index contributed by atoms with van der Waals surface area (Å²) in [6.07, 6.45) is 3.21. The summed E-state index contributed by atoms with van der Waals surface area (Å²) in [5.74, 6) is 0.303. The van der Waals surface area contributed by atoms with Gasteiger partial charge in [0.15, 0.2) is 5.11 Å². The van der Waals surface area contributed by atoms with Gasteiger partial charge >= 0.3 is 0 Å². The normalized spacial score (nSPS) is 10.4. The maximum Gasteiger partial charge on any atom is 0.261 e. The van der Waals surface area contributed by atoms with Crippen LogP contribution < -0.4 is 15.4 Å². The third kappa shape index (κ3) is 6.07. The monoisotopic (exact) mass is 384 g/mol. The van der Waals surface area contributed by atoms with Crippen LogP contribution in [0.4, 0.5) is 5.69 Å². The highest BCUT2D eigenvalue weighted by Crippen LogP contribution is 2.22. The van der Waals surface area contributed by atoms with Crippen molar-refractivity contribution in [3.8, 4) is 5.75 Å². The lowest BCUT2D eigenvalue weighted by Gasteiger charge is -2.16. The molecule has 2 N–H and O–H groups in total. The predicted molar refractivity (Wildman–Crippen MR) is 116 cm³/mol. The number of nitrogens with one attached hydrogen (secondary N) is 2. The second-order valence-electron chi connectivity index (χ2n) is 6.73. The van der Waals surface area contributed by atoms with Crippen LogP contribution in [0.1, 0.15) is 53.2 Å². The molecule has 0 fully saturated rings. The van der Waals surface area contributed by atoms with Crippen molar-refractivity contribution in [2.45, 2.75) is 47.0 Å². The van der Waals surface area contributed by atoms with Crippen molar-refractivity contribution < 1.29 is 9.53 Å². The Bertz CT molecular complexity index is 795. The van der Waals surface area contributed by atoms with Gasteiger partial charge in [-0.3, -0.25) is 10.1 Å². The van der Waals surface area contributed by atoms with Crippen LogP contribution >= 0.6 is 12.2 Å². The molecule has 0 aromatic heterocycles. The molecule has 0 atom stereocenters. The van der Waals surface area contributed by atoms with E-state index in [2.05, 4.69) is 36.6 Å². The topological polar surface area (TPSA) is 50.4 Å². The number of hydrogen-bond donors (Lipinski definition) is 2. The maximum atomic E-state index is 12.7. The molecule has 0 unspecified atom stereocenters. The predicted octanol–water partition coefficient (Wildman–Crippen LogP) is 5.31. The molecule has 0 heterocycles. The standard InChI is InChI=1S/C22H28N2O2S/c1-5-6-9-12-26-19-11-8-7-10-18(19)21(25)24-22(27)23-20-16(3)13-15(2)14-17(20)4/h7-8,10-11,13-14H,5-6,9,12H2,1-4H3,(H2,23,24,25,27). The van der Waals surface area contributed by atoms with Crippen LogP contribution in [0.25, 0.3) is 0 Å². The number of ether oxygens (including phenoxy) is 1. The fraction of sp³-hybridized carbons (Fsp3) is 0.364. The zero-order valence-corrected chi connectivity index (χ0v) is 17.3. The van der Waals surface area contributed by atoms with Crippen molar-refractivity contribution in [1.82, 2.24) is 5.32 Å². The van der Waals surface area contributed by atoms with E-state index >= 15 is 0 Å². The summed E-state index contributed by atoms with van der Waals surface area (Å²) in [6, 6.07) is 11.4. The molecule has 5 heteroatoms. The van der Waals surface area contributed by atoms with E-state index in [0.717, 1.165) is 36.1 Å². The molecule has 0 saturated heterocycles. The van der Waals surface area contributed by atoms with Gasteiger partial charge in [0.25, 0.3) is 5.91 Å². The van der Waals surface area contributed by atoms with Gasteiger partial charge in [0.2, 0.25) is 0 Å². The van der Waals surface area contributed by atoms with Crippen molar-refractivity contribution in [1.29, 1.82) is 0 Å². The molecule has 0 radical (unpaired) electrons. The minimum atomic E-state index is -0.277. The van der Waals surface area contributed by atoms with Crippen LogP contribution in [0.15, 0.2) is 36.4 Å². The number of thiocarbonyl (C=S) groups is 1. The first-order valence-electron chi connectivity index (χ1n) is 9.34. The fourth-order valence-electron chi connectivity index (χ4n) is 3.01. The first kappa shape index (κ1) is 20.9. The van der Waals surface area contributed by atoms with Gasteiger partial charge in [-0.05, 0) is 62.7 Å². The second kappa shape index (κ2) is 10.1. The first-order chi connectivity index (χ1) is 12.9. The Morgan fingerprint density at radius 2 is 1.74 bits per heavy atom. The molecule has 2 rings (SSSR count). The van der Waals surface area contributed by atoms with Gasteiger partial charge in [0.05, 0.1) is 12.2 Å². The van der Waals surface area contributed by atoms with E-state index in [1.165, 1.54) is 5.56 Å². The molecule has 0 aliphatic carbocycles. The van der Waals surface area contributed by atoms with E-state index in [1.54, 1.807) is 6.07 Å². The van der Waals surface area contributed by atoms with Crippen LogP contribution in [0, 0.1) is 20.8 Å². The Morgan fingerprint density at radius 3 is 2.41 bits per heavy atom. The number of aryl methyl sites for hydroxylation is 3. The van der Waals surface area contributed by atoms with Crippen LogP contribution in [0.2, 0.25) is 0 Å². The van der Waals surface area contributed by atoms with E-state index in [1.807, 2.05) is 32.0 Å². The molecule has 1 amide bonds. The first-order valence-corrected chi connectivity index (χ1v) is 9.75. The number of amides is 1. The van der Waals surface area contributed by atoms with E-state index < -0.39 is 0 Å². The Balaban J connectivity index is 2.04. The van der Waals surface area contributed by atoms with Crippen molar-refractivity contribution in [2.75, 3.05) is 11.9 Å². The Labute approximate surface area is 167 Å². The van der Waals surface area contributed by atoms with E-state index in [4.69, 9.17) is 17.0 Å². The molecule has 0 saturated carbocycles. The average Bonchev–Trinajstić information content (AvgIpc) is 2.62. The maximum absolute atomic E-state index is 12.7. The van der Waals surface area contributed by atoms with Gasteiger partial charge < -0.3 is 10.1 Å². The number of carbonyl (C=O) groups excluding carboxylic acids is 1. The van der Waals surface area contributed by atoms with Gasteiger partial charge in [-0.15, -0.1) is 0 Å². The van der Waals surface area contributed by atoms with Gasteiger partial charge in [0.1, 0.15) is 5.75 Å². The quantitative estimate of drug-likeness (QED) is 0.502. The van der Waals surface area contributed by atoms with E-state index in [-0.39, 0.29) is 11.0 Å². The molecule has 27 heavy (non-hydrogen) atoms. The second-order valence-corrected chi connectivity index (χ2v) is 7.14. The Kier molecular flexibility index (Phi) is 7.80. The minimum absolute atomic E-state index is 0.274. The molecule has 144 valence electrons. The molecular weight excluding hydrogens is 356 g/mol. The van der Waals surface area contributed by atoms with Crippen LogP contribution in [0.5, 0.6) is 5.75 Å². The van der Waals surface area contributed by atoms with Crippen molar-refractivity contribution in [2.24, 2.45) is 0 Å². The number of anilines is 1. The number of para-hydroxylation sites is 1. The lowest BCUT2D eigenvalue weighted by molar-refractivity contribution is 0.0973. The largest absolute Gasteiger partial charge is 0.493 e. The molecule has 0 spiro atoms. The number of carbonyl (C=O) groups is 1. The molecule has 0 aliphatic heterocycles. The van der Waals surface area contributed by atoms with E-state index in [9.17, 15) is 4.79 Å². The molecule has 2 aromatic carbocycles. The Morgan fingerprint density at radius 1 is 1.07 bits per heavy atom. The number of benzene rings is 2. The minimum Gasteiger partial charge on any atom is -0.493 e. The highest BCUT2D eigenvalue weighted by Gasteiger charge is 2.14. The molecule has 4 nitrogen and oxygen atoms in total. The SMILES string of the molecule is CCCCCOc1ccccc1C(=O)NC(=S)Nc1c(C)cc(C)cc1C. The molecule has 0 bridgehead atoms. The fourth-order valence-corrected chi connectivity index (χ4v) is 3.20. The van der Waals surface area contributed by atoms with E-state index in [0.29, 0.717) is 17.9 Å². The summed E-state index contributed by atoms with van der Waals surface area (Å²) >= 11 is 5.35. The molecule has 2 aromatic rings. The van der Waals surface area contributed by atoms with Crippen LogP contribution in [0.3, 0.4) is 0 Å². The zero-order chi connectivity index (χ0) is 19.8. The third-order valence-electron chi connectivity index (χ3n) is 4.28. The zero-order valence-electron chi connectivity index (χ0n) is 16.5. The molecule has 0 aliphatic rings.